The molecule has 0 aromatic heterocycles. The Morgan fingerprint density at radius 1 is 0.818 bits per heavy atom. The van der Waals surface area contributed by atoms with Crippen molar-refractivity contribution in [3.05, 3.63) is 0 Å². The van der Waals surface area contributed by atoms with Crippen LogP contribution in [0.15, 0.2) is 0 Å². The van der Waals surface area contributed by atoms with Crippen LogP contribution in [0, 0.1) is 0 Å². The molecule has 2 aliphatic heterocycles. The normalized spacial score (nSPS) is 41.7. The maximum Gasteiger partial charge on any atom is 0.362 e. The van der Waals surface area contributed by atoms with E-state index in [9.17, 15) is 45.6 Å². The summed E-state index contributed by atoms with van der Waals surface area (Å²) in [6.07, 6.45) is -12.4. The highest BCUT2D eigenvalue weighted by Crippen LogP contribution is 2.36. The fourth-order valence-corrected chi connectivity index (χ4v) is 3.73. The number of aliphatic hydroxyl groups excluding tert-OH is 8. The molecule has 33 heavy (non-hydrogen) atoms. The number of ether oxygens (including phenoxy) is 4. The van der Waals surface area contributed by atoms with Crippen LogP contribution in [0.5, 0.6) is 0 Å². The quantitative estimate of drug-likeness (QED) is 0.0826. The van der Waals surface area contributed by atoms with E-state index >= 15 is 0 Å². The van der Waals surface area contributed by atoms with Gasteiger partial charge in [-0.05, 0) is 6.42 Å². The summed E-state index contributed by atoms with van der Waals surface area (Å²) in [6, 6.07) is 0. The van der Waals surface area contributed by atoms with Crippen LogP contribution < -0.4 is 0 Å². The minimum atomic E-state index is -2.85. The van der Waals surface area contributed by atoms with E-state index in [4.69, 9.17) is 18.9 Å². The summed E-state index contributed by atoms with van der Waals surface area (Å²) < 4.78 is 21.2. The maximum absolute atomic E-state index is 12.5. The van der Waals surface area contributed by atoms with E-state index < -0.39 is 80.3 Å². The largest absolute Gasteiger partial charge is 0.405 e. The standard InChI is InChI=1S/C20H36O13/c1-2-3-4-5-6-7-12(23)32-20(18(29)16(27)14(25)11(9-22)31-20)33-19-17(28)15(26)13(24)10(8-21)30-19/h10-11,13-19,21-22,24-29H,2-9H2,1H3/t10-,11-,13-,14-,15+,16+,17-,18-,19-,20?/m1/s1. The molecule has 13 heteroatoms. The zero-order valence-corrected chi connectivity index (χ0v) is 18.5. The lowest BCUT2D eigenvalue weighted by Crippen LogP contribution is -2.70. The molecule has 0 spiro atoms. The second-order valence-corrected chi connectivity index (χ2v) is 8.32. The van der Waals surface area contributed by atoms with Gasteiger partial charge >= 0.3 is 11.9 Å². The SMILES string of the molecule is CCCCCCCC(=O)OC1(O[C@H]2O[C@H](CO)[C@@H](O)[C@H](O)[C@H]2O)O[C@H](CO)[C@@H](O)[C@H](O)[C@H]1O. The van der Waals surface area contributed by atoms with Crippen LogP contribution in [-0.2, 0) is 23.7 Å². The van der Waals surface area contributed by atoms with Crippen molar-refractivity contribution in [2.45, 2.75) is 107 Å². The van der Waals surface area contributed by atoms with Crippen LogP contribution in [0.1, 0.15) is 45.4 Å². The summed E-state index contributed by atoms with van der Waals surface area (Å²) in [6.45, 7) is 0.395. The number of carbonyl (C=O) groups is 1. The third-order valence-electron chi connectivity index (χ3n) is 5.78. The van der Waals surface area contributed by atoms with Gasteiger partial charge in [0, 0.05) is 6.42 Å². The van der Waals surface area contributed by atoms with Gasteiger partial charge in [-0.2, -0.15) is 0 Å². The molecule has 2 saturated heterocycles. The Kier molecular flexibility index (Phi) is 10.8. The first kappa shape index (κ1) is 28.3. The average Bonchev–Trinajstić information content (AvgIpc) is 2.80. The Hall–Kier alpha value is -0.970. The molecule has 8 N–H and O–H groups in total. The molecule has 0 saturated carbocycles. The van der Waals surface area contributed by atoms with E-state index in [1.54, 1.807) is 0 Å². The zero-order valence-electron chi connectivity index (χ0n) is 18.5. The molecular formula is C20H36O13. The predicted molar refractivity (Wildman–Crippen MR) is 107 cm³/mol. The van der Waals surface area contributed by atoms with Crippen molar-refractivity contribution in [1.82, 2.24) is 0 Å². The first-order chi connectivity index (χ1) is 15.6. The maximum atomic E-state index is 12.5. The predicted octanol–water partition coefficient (Wildman–Crippen LogP) is -3.17. The van der Waals surface area contributed by atoms with Gasteiger partial charge in [0.15, 0.2) is 12.4 Å². The molecule has 0 radical (unpaired) electrons. The van der Waals surface area contributed by atoms with Crippen LogP contribution in [0.3, 0.4) is 0 Å². The molecule has 2 rings (SSSR count). The molecule has 194 valence electrons. The number of hydrogen-bond donors (Lipinski definition) is 8. The van der Waals surface area contributed by atoms with E-state index in [1.807, 2.05) is 6.92 Å². The van der Waals surface area contributed by atoms with Gasteiger partial charge in [0.25, 0.3) is 0 Å². The highest BCUT2D eigenvalue weighted by Gasteiger charge is 2.60. The molecule has 10 atom stereocenters. The lowest BCUT2D eigenvalue weighted by molar-refractivity contribution is -0.486. The Morgan fingerprint density at radius 3 is 2.03 bits per heavy atom. The van der Waals surface area contributed by atoms with Gasteiger partial charge in [-0.3, -0.25) is 9.53 Å². The lowest BCUT2D eigenvalue weighted by atomic mass is 9.97. The van der Waals surface area contributed by atoms with Crippen molar-refractivity contribution in [3.8, 4) is 0 Å². The van der Waals surface area contributed by atoms with E-state index in [0.29, 0.717) is 6.42 Å². The third-order valence-corrected chi connectivity index (χ3v) is 5.78. The average molecular weight is 484 g/mol. The topological polar surface area (TPSA) is 216 Å². The first-order valence-electron chi connectivity index (χ1n) is 11.1. The second-order valence-electron chi connectivity index (χ2n) is 8.32. The van der Waals surface area contributed by atoms with Gasteiger partial charge < -0.3 is 55.1 Å². The molecule has 2 fully saturated rings. The Morgan fingerprint density at radius 2 is 1.42 bits per heavy atom. The number of unbranched alkanes of at least 4 members (excludes halogenated alkanes) is 4. The van der Waals surface area contributed by atoms with Gasteiger partial charge in [-0.25, -0.2) is 0 Å². The van der Waals surface area contributed by atoms with Crippen LogP contribution in [0.25, 0.3) is 0 Å². The summed E-state index contributed by atoms with van der Waals surface area (Å²) in [5.41, 5.74) is 0. The van der Waals surface area contributed by atoms with Crippen molar-refractivity contribution in [2.24, 2.45) is 0 Å². The van der Waals surface area contributed by atoms with E-state index in [0.717, 1.165) is 25.7 Å². The second kappa shape index (κ2) is 12.7. The molecule has 13 nitrogen and oxygen atoms in total. The summed E-state index contributed by atoms with van der Waals surface area (Å²) in [7, 11) is 0. The van der Waals surface area contributed by atoms with E-state index in [2.05, 4.69) is 0 Å². The zero-order chi connectivity index (χ0) is 24.8. The van der Waals surface area contributed by atoms with Crippen molar-refractivity contribution in [2.75, 3.05) is 13.2 Å². The van der Waals surface area contributed by atoms with Crippen molar-refractivity contribution in [1.29, 1.82) is 0 Å². The summed E-state index contributed by atoms with van der Waals surface area (Å²) >= 11 is 0. The highest BCUT2D eigenvalue weighted by molar-refractivity contribution is 5.69. The number of rotatable bonds is 11. The number of hydrogen-bond acceptors (Lipinski definition) is 13. The van der Waals surface area contributed by atoms with Crippen LogP contribution >= 0.6 is 0 Å². The first-order valence-corrected chi connectivity index (χ1v) is 11.1. The molecule has 0 bridgehead atoms. The van der Waals surface area contributed by atoms with Crippen LogP contribution in [0.4, 0.5) is 0 Å². The Labute approximate surface area is 191 Å². The summed E-state index contributed by atoms with van der Waals surface area (Å²) in [5, 5.41) is 80.0. The lowest BCUT2D eigenvalue weighted by Gasteiger charge is -2.49. The van der Waals surface area contributed by atoms with Crippen LogP contribution in [-0.4, -0.2) is 121 Å². The molecule has 1 unspecified atom stereocenters. The van der Waals surface area contributed by atoms with Gasteiger partial charge in [0.1, 0.15) is 42.7 Å². The van der Waals surface area contributed by atoms with Crippen molar-refractivity contribution < 1.29 is 64.6 Å². The van der Waals surface area contributed by atoms with Crippen molar-refractivity contribution in [3.63, 3.8) is 0 Å². The van der Waals surface area contributed by atoms with Crippen molar-refractivity contribution >= 4 is 5.97 Å². The molecule has 0 amide bonds. The van der Waals surface area contributed by atoms with Gasteiger partial charge in [0.05, 0.1) is 13.2 Å². The molecule has 2 heterocycles. The Bertz CT molecular complexity index is 603. The summed E-state index contributed by atoms with van der Waals surface area (Å²) in [4.78, 5) is 12.5. The molecule has 0 aromatic carbocycles. The van der Waals surface area contributed by atoms with Crippen LogP contribution in [0.2, 0.25) is 0 Å². The van der Waals surface area contributed by atoms with E-state index in [-0.39, 0.29) is 6.42 Å². The highest BCUT2D eigenvalue weighted by atomic mass is 16.9. The molecule has 0 aromatic rings. The van der Waals surface area contributed by atoms with Gasteiger partial charge in [0.2, 0.25) is 0 Å². The molecule has 2 aliphatic rings. The fourth-order valence-electron chi connectivity index (χ4n) is 3.73. The van der Waals surface area contributed by atoms with Gasteiger partial charge in [-0.15, -0.1) is 0 Å². The Balaban J connectivity index is 2.24. The molecule has 0 aliphatic carbocycles. The number of aliphatic hydroxyl groups is 8. The summed E-state index contributed by atoms with van der Waals surface area (Å²) in [5.74, 6) is -3.75. The smallest absolute Gasteiger partial charge is 0.362 e. The minimum Gasteiger partial charge on any atom is -0.405 e. The van der Waals surface area contributed by atoms with E-state index in [1.165, 1.54) is 0 Å². The number of esters is 1. The van der Waals surface area contributed by atoms with Gasteiger partial charge in [-0.1, -0.05) is 32.6 Å². The number of carbonyl (C=O) groups excluding carboxylic acids is 1. The fraction of sp³-hybridized carbons (Fsp3) is 0.950. The third kappa shape index (κ3) is 6.58. The molecular weight excluding hydrogens is 448 g/mol. The monoisotopic (exact) mass is 484 g/mol. The minimum absolute atomic E-state index is 0.109.